The lowest BCUT2D eigenvalue weighted by Crippen LogP contribution is -2.47. The SMILES string of the molecule is O=C(O)CN(C(=O)N(Cc1ccsc1)C1CC1)C1CC1. The normalized spacial score (nSPS) is 17.8. The van der Waals surface area contributed by atoms with Crippen molar-refractivity contribution in [3.8, 4) is 0 Å². The van der Waals surface area contributed by atoms with Gasteiger partial charge in [0.25, 0.3) is 0 Å². The summed E-state index contributed by atoms with van der Waals surface area (Å²) in [5, 5.41) is 13.0. The third-order valence-electron chi connectivity index (χ3n) is 3.71. The molecule has 108 valence electrons. The standard InChI is InChI=1S/C14H18N2O3S/c17-13(18)8-16(12-3-4-12)14(19)15(11-1-2-11)7-10-5-6-20-9-10/h5-6,9,11-12H,1-4,7-8H2,(H,17,18). The first-order valence-electron chi connectivity index (χ1n) is 6.95. The van der Waals surface area contributed by atoms with Crippen molar-refractivity contribution in [1.82, 2.24) is 9.80 Å². The van der Waals surface area contributed by atoms with Gasteiger partial charge in [0, 0.05) is 18.6 Å². The summed E-state index contributed by atoms with van der Waals surface area (Å²) in [6, 6.07) is 2.33. The number of aliphatic carboxylic acids is 1. The van der Waals surface area contributed by atoms with Crippen LogP contribution in [0.4, 0.5) is 4.79 Å². The van der Waals surface area contributed by atoms with Gasteiger partial charge in [-0.05, 0) is 48.1 Å². The van der Waals surface area contributed by atoms with Crippen LogP contribution in [0, 0.1) is 0 Å². The van der Waals surface area contributed by atoms with Crippen molar-refractivity contribution < 1.29 is 14.7 Å². The highest BCUT2D eigenvalue weighted by molar-refractivity contribution is 7.07. The first-order chi connectivity index (χ1) is 9.65. The Morgan fingerprint density at radius 2 is 1.85 bits per heavy atom. The number of carboxylic acid groups (broad SMARTS) is 1. The number of urea groups is 1. The van der Waals surface area contributed by atoms with Gasteiger partial charge in [0.05, 0.1) is 0 Å². The summed E-state index contributed by atoms with van der Waals surface area (Å²) in [6.45, 7) is 0.409. The number of carbonyl (C=O) groups excluding carboxylic acids is 1. The van der Waals surface area contributed by atoms with Crippen molar-refractivity contribution in [1.29, 1.82) is 0 Å². The molecule has 5 nitrogen and oxygen atoms in total. The van der Waals surface area contributed by atoms with Gasteiger partial charge in [-0.2, -0.15) is 11.3 Å². The largest absolute Gasteiger partial charge is 0.480 e. The topological polar surface area (TPSA) is 60.9 Å². The van der Waals surface area contributed by atoms with Crippen LogP contribution >= 0.6 is 11.3 Å². The van der Waals surface area contributed by atoms with E-state index in [0.717, 1.165) is 31.2 Å². The number of carboxylic acids is 1. The predicted octanol–water partition coefficient (Wildman–Crippen LogP) is 2.38. The van der Waals surface area contributed by atoms with E-state index in [9.17, 15) is 9.59 Å². The minimum absolute atomic E-state index is 0.108. The van der Waals surface area contributed by atoms with Crippen molar-refractivity contribution in [2.45, 2.75) is 44.3 Å². The van der Waals surface area contributed by atoms with Crippen molar-refractivity contribution in [3.05, 3.63) is 22.4 Å². The smallest absolute Gasteiger partial charge is 0.323 e. The van der Waals surface area contributed by atoms with Crippen LogP contribution in [0.15, 0.2) is 16.8 Å². The fourth-order valence-electron chi connectivity index (χ4n) is 2.37. The van der Waals surface area contributed by atoms with Crippen LogP contribution in [-0.2, 0) is 11.3 Å². The van der Waals surface area contributed by atoms with Crippen LogP contribution in [0.1, 0.15) is 31.2 Å². The summed E-state index contributed by atoms with van der Waals surface area (Å²) in [5.74, 6) is -0.934. The maximum atomic E-state index is 12.7. The van der Waals surface area contributed by atoms with E-state index in [-0.39, 0.29) is 24.7 Å². The fourth-order valence-corrected chi connectivity index (χ4v) is 3.03. The van der Waals surface area contributed by atoms with Crippen LogP contribution in [0.2, 0.25) is 0 Å². The summed E-state index contributed by atoms with van der Waals surface area (Å²) in [6.07, 6.45) is 3.91. The van der Waals surface area contributed by atoms with Gasteiger partial charge >= 0.3 is 12.0 Å². The summed E-state index contributed by atoms with van der Waals surface area (Å²) < 4.78 is 0. The molecular formula is C14H18N2O3S. The summed E-state index contributed by atoms with van der Waals surface area (Å²) >= 11 is 1.62. The molecule has 0 saturated heterocycles. The Bertz CT molecular complexity index is 495. The summed E-state index contributed by atoms with van der Waals surface area (Å²) in [5.41, 5.74) is 1.13. The van der Waals surface area contributed by atoms with Gasteiger partial charge in [0.15, 0.2) is 0 Å². The molecule has 0 bridgehead atoms. The monoisotopic (exact) mass is 294 g/mol. The highest BCUT2D eigenvalue weighted by atomic mass is 32.1. The molecule has 0 radical (unpaired) electrons. The zero-order valence-corrected chi connectivity index (χ0v) is 12.0. The number of amides is 2. The van der Waals surface area contributed by atoms with Gasteiger partial charge in [0.1, 0.15) is 6.54 Å². The Labute approximate surface area is 121 Å². The number of hydrogen-bond acceptors (Lipinski definition) is 3. The molecule has 2 aliphatic carbocycles. The zero-order chi connectivity index (χ0) is 14.1. The molecule has 1 heterocycles. The third-order valence-corrected chi connectivity index (χ3v) is 4.44. The van der Waals surface area contributed by atoms with Gasteiger partial charge in [-0.15, -0.1) is 0 Å². The highest BCUT2D eigenvalue weighted by Crippen LogP contribution is 2.33. The first kappa shape index (κ1) is 13.4. The molecule has 2 amide bonds. The minimum Gasteiger partial charge on any atom is -0.480 e. The second kappa shape index (κ2) is 5.44. The lowest BCUT2D eigenvalue weighted by molar-refractivity contribution is -0.137. The quantitative estimate of drug-likeness (QED) is 0.876. The van der Waals surface area contributed by atoms with E-state index < -0.39 is 5.97 Å². The molecular weight excluding hydrogens is 276 g/mol. The second-order valence-corrected chi connectivity index (χ2v) is 6.31. The Morgan fingerprint density at radius 1 is 1.20 bits per heavy atom. The van der Waals surface area contributed by atoms with E-state index in [1.807, 2.05) is 21.7 Å². The van der Waals surface area contributed by atoms with Crippen LogP contribution < -0.4 is 0 Å². The molecule has 20 heavy (non-hydrogen) atoms. The maximum absolute atomic E-state index is 12.7. The molecule has 6 heteroatoms. The molecule has 3 rings (SSSR count). The molecule has 2 saturated carbocycles. The van der Waals surface area contributed by atoms with Crippen LogP contribution in [0.5, 0.6) is 0 Å². The van der Waals surface area contributed by atoms with Crippen molar-refractivity contribution in [2.24, 2.45) is 0 Å². The van der Waals surface area contributed by atoms with Crippen molar-refractivity contribution in [3.63, 3.8) is 0 Å². The average molecular weight is 294 g/mol. The van der Waals surface area contributed by atoms with Crippen LogP contribution in [0.25, 0.3) is 0 Å². The Hall–Kier alpha value is -1.56. The van der Waals surface area contributed by atoms with Crippen molar-refractivity contribution in [2.75, 3.05) is 6.54 Å². The lowest BCUT2D eigenvalue weighted by atomic mass is 10.3. The van der Waals surface area contributed by atoms with Gasteiger partial charge < -0.3 is 14.9 Å². The molecule has 2 fully saturated rings. The predicted molar refractivity (Wildman–Crippen MR) is 75.6 cm³/mol. The molecule has 0 atom stereocenters. The molecule has 0 unspecified atom stereocenters. The highest BCUT2D eigenvalue weighted by Gasteiger charge is 2.40. The average Bonchev–Trinajstić information content (AvgIpc) is 3.32. The molecule has 0 spiro atoms. The fraction of sp³-hybridized carbons (Fsp3) is 0.571. The van der Waals surface area contributed by atoms with Crippen LogP contribution in [0.3, 0.4) is 0 Å². The number of hydrogen-bond donors (Lipinski definition) is 1. The van der Waals surface area contributed by atoms with Crippen LogP contribution in [-0.4, -0.2) is 45.5 Å². The van der Waals surface area contributed by atoms with Gasteiger partial charge in [-0.3, -0.25) is 4.79 Å². The third kappa shape index (κ3) is 3.12. The Morgan fingerprint density at radius 3 is 2.35 bits per heavy atom. The number of carbonyl (C=O) groups is 2. The summed E-state index contributed by atoms with van der Waals surface area (Å²) in [7, 11) is 0. The summed E-state index contributed by atoms with van der Waals surface area (Å²) in [4.78, 5) is 27.0. The molecule has 2 aliphatic rings. The minimum atomic E-state index is -0.934. The van der Waals surface area contributed by atoms with E-state index in [4.69, 9.17) is 5.11 Å². The van der Waals surface area contributed by atoms with E-state index in [0.29, 0.717) is 6.54 Å². The van der Waals surface area contributed by atoms with Gasteiger partial charge in [-0.1, -0.05) is 0 Å². The van der Waals surface area contributed by atoms with Gasteiger partial charge in [0.2, 0.25) is 0 Å². The van der Waals surface area contributed by atoms with E-state index in [2.05, 4.69) is 0 Å². The van der Waals surface area contributed by atoms with E-state index >= 15 is 0 Å². The van der Waals surface area contributed by atoms with E-state index in [1.54, 1.807) is 11.3 Å². The maximum Gasteiger partial charge on any atom is 0.323 e. The lowest BCUT2D eigenvalue weighted by Gasteiger charge is -2.29. The molecule has 0 aromatic carbocycles. The number of nitrogens with zero attached hydrogens (tertiary/aromatic N) is 2. The van der Waals surface area contributed by atoms with E-state index in [1.165, 1.54) is 4.90 Å². The van der Waals surface area contributed by atoms with Crippen molar-refractivity contribution >= 4 is 23.3 Å². The van der Waals surface area contributed by atoms with Gasteiger partial charge in [-0.25, -0.2) is 4.79 Å². The Balaban J connectivity index is 1.71. The first-order valence-corrected chi connectivity index (χ1v) is 7.89. The second-order valence-electron chi connectivity index (χ2n) is 5.53. The zero-order valence-electron chi connectivity index (χ0n) is 11.2. The molecule has 0 aliphatic heterocycles. The Kier molecular flexibility index (Phi) is 3.65. The molecule has 1 aromatic rings. The number of thiophene rings is 1. The number of rotatable bonds is 6. The molecule has 1 aromatic heterocycles. The molecule has 1 N–H and O–H groups in total.